The summed E-state index contributed by atoms with van der Waals surface area (Å²) in [5, 5.41) is 14.6. The van der Waals surface area contributed by atoms with Crippen molar-refractivity contribution in [2.75, 3.05) is 0 Å². The van der Waals surface area contributed by atoms with Crippen molar-refractivity contribution in [3.8, 4) is 5.75 Å². The van der Waals surface area contributed by atoms with E-state index in [1.807, 2.05) is 54.6 Å². The number of benzene rings is 4. The van der Waals surface area contributed by atoms with Crippen LogP contribution in [0.15, 0.2) is 83.9 Å². The predicted molar refractivity (Wildman–Crippen MR) is 115 cm³/mol. The van der Waals surface area contributed by atoms with Gasteiger partial charge in [-0.25, -0.2) is 0 Å². The van der Waals surface area contributed by atoms with Gasteiger partial charge in [-0.2, -0.15) is 0 Å². The van der Waals surface area contributed by atoms with Gasteiger partial charge in [0, 0.05) is 17.2 Å². The molecule has 0 aliphatic heterocycles. The minimum absolute atomic E-state index is 0.125. The second-order valence-electron chi connectivity index (χ2n) is 5.55. The van der Waals surface area contributed by atoms with Crippen LogP contribution in [0.2, 0.25) is 0 Å². The average Bonchev–Trinajstić information content (AvgIpc) is 2.68. The van der Waals surface area contributed by atoms with E-state index in [1.165, 1.54) is 0 Å². The van der Waals surface area contributed by atoms with E-state index in [1.54, 1.807) is 12.3 Å². The van der Waals surface area contributed by atoms with Crippen molar-refractivity contribution in [2.45, 2.75) is 0 Å². The second kappa shape index (κ2) is 9.47. The number of aromatic hydroxyl groups is 1. The Labute approximate surface area is 174 Å². The first kappa shape index (κ1) is 19.3. The van der Waals surface area contributed by atoms with E-state index in [2.05, 4.69) is 49.5 Å². The topological polar surface area (TPSA) is 32.6 Å². The summed E-state index contributed by atoms with van der Waals surface area (Å²) in [5.41, 5.74) is 1.64. The maximum atomic E-state index is 10.2. The fourth-order valence-corrected chi connectivity index (χ4v) is 2.87. The zero-order valence-electron chi connectivity index (χ0n) is 13.7. The number of aliphatic imine (C=N–C) groups is 1. The van der Waals surface area contributed by atoms with Crippen molar-refractivity contribution >= 4 is 59.8 Å². The molecular weight excluding hydrogens is 490 g/mol. The summed E-state index contributed by atoms with van der Waals surface area (Å²) in [6.07, 6.45) is 1.75. The molecule has 0 atom stereocenters. The van der Waals surface area contributed by atoms with Gasteiger partial charge in [-0.1, -0.05) is 66.7 Å². The summed E-state index contributed by atoms with van der Waals surface area (Å²) in [7, 11) is 0. The van der Waals surface area contributed by atoms with Crippen LogP contribution in [0.1, 0.15) is 5.56 Å². The first-order valence-corrected chi connectivity index (χ1v) is 15.7. The fourth-order valence-electron chi connectivity index (χ4n) is 2.87. The zero-order valence-corrected chi connectivity index (χ0v) is 18.5. The SMILES string of the molecule is Oc1ccc2ccccc2c1C=Nc1cccc2ccccc12.[Br][Ti][Br]. The minimum atomic E-state index is 0.125. The molecule has 128 valence electrons. The first-order chi connectivity index (χ1) is 12.7. The number of hydrogen-bond acceptors (Lipinski definition) is 2. The van der Waals surface area contributed by atoms with Crippen molar-refractivity contribution in [3.63, 3.8) is 0 Å². The molecule has 4 aromatic carbocycles. The molecule has 1 N–H and O–H groups in total. The van der Waals surface area contributed by atoms with Crippen LogP contribution in [0.25, 0.3) is 21.5 Å². The van der Waals surface area contributed by atoms with E-state index < -0.39 is 0 Å². The van der Waals surface area contributed by atoms with Gasteiger partial charge < -0.3 is 5.11 Å². The molecule has 0 amide bonds. The summed E-state index contributed by atoms with van der Waals surface area (Å²) in [4.78, 5) is 4.63. The normalized spacial score (nSPS) is 10.7. The van der Waals surface area contributed by atoms with Gasteiger partial charge in [0.15, 0.2) is 0 Å². The monoisotopic (exact) mass is 503 g/mol. The number of fused-ring (bicyclic) bond motifs is 2. The van der Waals surface area contributed by atoms with Gasteiger partial charge in [-0.3, -0.25) is 4.99 Å². The Morgan fingerprint density at radius 1 is 0.731 bits per heavy atom. The summed E-state index contributed by atoms with van der Waals surface area (Å²) in [6, 6.07) is 25.8. The molecule has 0 radical (unpaired) electrons. The molecule has 0 aromatic heterocycles. The Morgan fingerprint density at radius 2 is 1.31 bits per heavy atom. The van der Waals surface area contributed by atoms with Gasteiger partial charge in [-0.15, -0.1) is 0 Å². The molecule has 0 fully saturated rings. The van der Waals surface area contributed by atoms with Gasteiger partial charge in [0.2, 0.25) is 0 Å². The van der Waals surface area contributed by atoms with E-state index in [-0.39, 0.29) is 20.7 Å². The molecular formula is C21H15Br2NOTi. The molecule has 26 heavy (non-hydrogen) atoms. The van der Waals surface area contributed by atoms with Crippen molar-refractivity contribution in [1.82, 2.24) is 0 Å². The fraction of sp³-hybridized carbons (Fsp3) is 0. The molecule has 0 saturated heterocycles. The molecule has 0 saturated carbocycles. The number of hydrogen-bond donors (Lipinski definition) is 1. The van der Waals surface area contributed by atoms with E-state index in [0.29, 0.717) is 0 Å². The molecule has 0 spiro atoms. The van der Waals surface area contributed by atoms with Crippen molar-refractivity contribution in [1.29, 1.82) is 0 Å². The number of halogens is 2. The van der Waals surface area contributed by atoms with Crippen LogP contribution in [-0.2, 0) is 15.0 Å². The van der Waals surface area contributed by atoms with Crippen molar-refractivity contribution in [2.24, 2.45) is 4.99 Å². The summed E-state index contributed by atoms with van der Waals surface area (Å²) in [6.45, 7) is 0. The molecule has 0 aliphatic rings. The standard InChI is InChI=1S/C21H15NO.2BrH.Ti/c23-21-13-12-16-7-1-3-9-17(16)19(21)14-22-20-11-5-8-15-6-2-4-10-18(15)20;;;/h1-14,23H;2*1H;/q;;;+2/p-2. The number of phenols is 1. The molecule has 4 rings (SSSR count). The van der Waals surface area contributed by atoms with Crippen LogP contribution < -0.4 is 0 Å². The summed E-state index contributed by atoms with van der Waals surface area (Å²) >= 11 is 6.50. The predicted octanol–water partition coefficient (Wildman–Crippen LogP) is 7.14. The Kier molecular flexibility index (Phi) is 7.03. The van der Waals surface area contributed by atoms with E-state index in [9.17, 15) is 5.11 Å². The van der Waals surface area contributed by atoms with Crippen LogP contribution in [0.5, 0.6) is 5.75 Å². The van der Waals surface area contributed by atoms with Crippen LogP contribution >= 0.6 is 26.3 Å². The Hall–Kier alpha value is -1.46. The number of rotatable bonds is 2. The summed E-state index contributed by atoms with van der Waals surface area (Å²) in [5.74, 6) is 0.243. The number of nitrogens with zero attached hydrogens (tertiary/aromatic N) is 1. The van der Waals surface area contributed by atoms with Gasteiger partial charge in [-0.05, 0) is 28.3 Å². The quantitative estimate of drug-likeness (QED) is 0.228. The van der Waals surface area contributed by atoms with Crippen molar-refractivity contribution in [3.05, 3.63) is 84.4 Å². The third-order valence-electron chi connectivity index (χ3n) is 4.05. The summed E-state index contributed by atoms with van der Waals surface area (Å²) < 4.78 is 0. The van der Waals surface area contributed by atoms with E-state index >= 15 is 0 Å². The maximum absolute atomic E-state index is 10.2. The Morgan fingerprint density at radius 3 is 2.04 bits per heavy atom. The van der Waals surface area contributed by atoms with Crippen LogP contribution in [0.4, 0.5) is 5.69 Å². The molecule has 2 nitrogen and oxygen atoms in total. The molecule has 5 heteroatoms. The van der Waals surface area contributed by atoms with Crippen LogP contribution in [-0.4, -0.2) is 11.3 Å². The van der Waals surface area contributed by atoms with E-state index in [4.69, 9.17) is 0 Å². The van der Waals surface area contributed by atoms with Crippen LogP contribution in [0.3, 0.4) is 0 Å². The van der Waals surface area contributed by atoms with Gasteiger partial charge >= 0.3 is 41.3 Å². The van der Waals surface area contributed by atoms with Crippen LogP contribution in [0, 0.1) is 0 Å². The van der Waals surface area contributed by atoms with Gasteiger partial charge in [0.1, 0.15) is 5.75 Å². The second-order valence-corrected chi connectivity index (χ2v) is 13.4. The number of phenolic OH excluding ortho intramolecular Hbond substituents is 1. The third-order valence-corrected chi connectivity index (χ3v) is 4.05. The van der Waals surface area contributed by atoms with Gasteiger partial charge in [0.05, 0.1) is 5.69 Å². The Bertz CT molecular complexity index is 1060. The Balaban J connectivity index is 0.000000613. The molecule has 0 unspecified atom stereocenters. The molecule has 4 aromatic rings. The molecule has 0 bridgehead atoms. The van der Waals surface area contributed by atoms with E-state index in [0.717, 1.165) is 32.8 Å². The van der Waals surface area contributed by atoms with Crippen molar-refractivity contribution < 1.29 is 20.1 Å². The average molecular weight is 505 g/mol. The first-order valence-electron chi connectivity index (χ1n) is 7.93. The third kappa shape index (κ3) is 4.44. The molecule has 0 heterocycles. The zero-order chi connectivity index (χ0) is 18.4. The molecule has 0 aliphatic carbocycles. The van der Waals surface area contributed by atoms with Gasteiger partial charge in [0.25, 0.3) is 0 Å².